The molecule has 0 bridgehead atoms. The predicted octanol–water partition coefficient (Wildman–Crippen LogP) is 2.43. The number of ether oxygens (including phenoxy) is 5. The Labute approximate surface area is 224 Å². The van der Waals surface area contributed by atoms with Gasteiger partial charge in [-0.3, -0.25) is 19.2 Å². The number of hydrogen-bond acceptors (Lipinski definition) is 10. The molecule has 13 heteroatoms. The number of nitrogens with one attached hydrogen (secondary N) is 1. The predicted molar refractivity (Wildman–Crippen MR) is 130 cm³/mol. The van der Waals surface area contributed by atoms with Crippen LogP contribution in [0.5, 0.6) is 0 Å². The van der Waals surface area contributed by atoms with Crippen LogP contribution in [0, 0.1) is 23.7 Å². The van der Waals surface area contributed by atoms with Crippen molar-refractivity contribution < 1.29 is 48.0 Å². The van der Waals surface area contributed by atoms with Gasteiger partial charge in [0.05, 0.1) is 28.7 Å². The Kier molecular flexibility index (Phi) is 12.1. The molecule has 1 fully saturated rings. The fourth-order valence-corrected chi connectivity index (χ4v) is 4.34. The van der Waals surface area contributed by atoms with E-state index in [9.17, 15) is 24.3 Å². The summed E-state index contributed by atoms with van der Waals surface area (Å²) in [6.07, 6.45) is -2.00. The van der Waals surface area contributed by atoms with Crippen molar-refractivity contribution in [3.05, 3.63) is 33.8 Å². The lowest BCUT2D eigenvalue weighted by Gasteiger charge is -2.26. The van der Waals surface area contributed by atoms with Crippen molar-refractivity contribution in [2.45, 2.75) is 46.7 Å². The lowest BCUT2D eigenvalue weighted by atomic mass is 9.94. The molecule has 6 atom stereocenters. The maximum atomic E-state index is 12.8. The maximum absolute atomic E-state index is 12.8. The molecule has 5 unspecified atom stereocenters. The molecule has 2 N–H and O–H groups in total. The summed E-state index contributed by atoms with van der Waals surface area (Å²) in [5.41, 5.74) is 0.758. The zero-order valence-corrected chi connectivity index (χ0v) is 22.4. The Morgan fingerprint density at radius 2 is 1.59 bits per heavy atom. The summed E-state index contributed by atoms with van der Waals surface area (Å²) in [7, 11) is 0. The highest BCUT2D eigenvalue weighted by Gasteiger charge is 2.63. The molecule has 0 saturated heterocycles. The smallest absolute Gasteiger partial charge is 0.312 e. The molecule has 0 aromatic heterocycles. The van der Waals surface area contributed by atoms with Crippen LogP contribution in [0.15, 0.2) is 18.2 Å². The summed E-state index contributed by atoms with van der Waals surface area (Å²) in [5, 5.41) is 14.1. The monoisotopic (exact) mass is 563 g/mol. The second-order valence-corrected chi connectivity index (χ2v) is 9.39. The van der Waals surface area contributed by atoms with Gasteiger partial charge in [-0.15, -0.1) is 0 Å². The van der Waals surface area contributed by atoms with Crippen molar-refractivity contribution >= 4 is 47.0 Å². The first-order chi connectivity index (χ1) is 17.4. The molecule has 0 aliphatic heterocycles. The van der Waals surface area contributed by atoms with Gasteiger partial charge in [-0.05, 0) is 30.5 Å². The van der Waals surface area contributed by atoms with E-state index in [-0.39, 0.29) is 19.1 Å². The number of esters is 3. The van der Waals surface area contributed by atoms with Crippen LogP contribution in [-0.4, -0.2) is 61.4 Å². The van der Waals surface area contributed by atoms with E-state index in [1.165, 1.54) is 20.8 Å². The number of aliphatic hydroxyl groups excluding tert-OH is 1. The van der Waals surface area contributed by atoms with E-state index in [0.29, 0.717) is 10.0 Å². The van der Waals surface area contributed by atoms with Crippen molar-refractivity contribution in [3.63, 3.8) is 0 Å². The van der Waals surface area contributed by atoms with E-state index in [1.54, 1.807) is 25.1 Å². The summed E-state index contributed by atoms with van der Waals surface area (Å²) in [6, 6.07) is 5.07. The van der Waals surface area contributed by atoms with Crippen molar-refractivity contribution in [1.82, 2.24) is 5.32 Å². The number of halogens is 2. The number of amides is 1. The third-order valence-corrected chi connectivity index (χ3v) is 6.62. The van der Waals surface area contributed by atoms with Crippen molar-refractivity contribution in [1.29, 1.82) is 0 Å². The molecule has 1 aliphatic carbocycles. The minimum atomic E-state index is -1.49. The Hall–Kier alpha value is -2.44. The summed E-state index contributed by atoms with van der Waals surface area (Å²) < 4.78 is 25.7. The lowest BCUT2D eigenvalue weighted by Crippen LogP contribution is -2.36. The molecule has 1 aromatic rings. The zero-order chi connectivity index (χ0) is 27.7. The Morgan fingerprint density at radius 1 is 0.946 bits per heavy atom. The van der Waals surface area contributed by atoms with Gasteiger partial charge in [0, 0.05) is 39.2 Å². The fraction of sp³-hybridized carbons (Fsp3) is 0.583. The van der Waals surface area contributed by atoms with Crippen molar-refractivity contribution in [3.8, 4) is 0 Å². The minimum Gasteiger partial charge on any atom is -0.439 e. The summed E-state index contributed by atoms with van der Waals surface area (Å²) >= 11 is 12.0. The van der Waals surface area contributed by atoms with Gasteiger partial charge in [0.1, 0.15) is 0 Å². The van der Waals surface area contributed by atoms with Crippen molar-refractivity contribution in [2.75, 3.05) is 20.1 Å². The second kappa shape index (κ2) is 14.5. The van der Waals surface area contributed by atoms with Gasteiger partial charge >= 0.3 is 17.9 Å². The molecule has 1 saturated carbocycles. The standard InChI is InChI=1S/C24H31Cl2NO10/c1-12(33-9-16-5-6-18(25)19(26)7-16)17(8-27-13(2)28)20-21(23(31)36-10-34-14(3)29)22(20)24(32)37-11-35-15(4)30/h5-7,12,17,20-23,31H,8-11H2,1-4H3,(H,27,28)/t12?,17-,20?,21?,22?,23?/m1/s1. The third kappa shape index (κ3) is 9.75. The maximum Gasteiger partial charge on any atom is 0.312 e. The summed E-state index contributed by atoms with van der Waals surface area (Å²) in [4.78, 5) is 46.5. The number of benzene rings is 1. The SMILES string of the molecule is CC(=O)NC[C@H](C(C)OCc1ccc(Cl)c(Cl)c1)C1C(C(=O)OCOC(C)=O)C1C(O)OCOC(C)=O. The van der Waals surface area contributed by atoms with Crippen LogP contribution in [0.4, 0.5) is 0 Å². The van der Waals surface area contributed by atoms with E-state index < -0.39 is 67.6 Å². The molecule has 37 heavy (non-hydrogen) atoms. The average Bonchev–Trinajstić information content (AvgIpc) is 3.54. The second-order valence-electron chi connectivity index (χ2n) is 8.57. The highest BCUT2D eigenvalue weighted by molar-refractivity contribution is 6.42. The van der Waals surface area contributed by atoms with Gasteiger partial charge in [-0.1, -0.05) is 29.3 Å². The molecule has 2 rings (SSSR count). The molecular weight excluding hydrogens is 533 g/mol. The van der Waals surface area contributed by atoms with Crippen LogP contribution in [0.2, 0.25) is 10.0 Å². The quantitative estimate of drug-likeness (QED) is 0.255. The molecule has 1 amide bonds. The van der Waals surface area contributed by atoms with E-state index in [4.69, 9.17) is 42.1 Å². The minimum absolute atomic E-state index is 0.128. The number of carbonyl (C=O) groups is 4. The lowest BCUT2D eigenvalue weighted by molar-refractivity contribution is -0.192. The Morgan fingerprint density at radius 3 is 2.19 bits per heavy atom. The average molecular weight is 564 g/mol. The molecule has 0 heterocycles. The van der Waals surface area contributed by atoms with Gasteiger partial charge in [0.2, 0.25) is 12.7 Å². The van der Waals surface area contributed by atoms with Crippen LogP contribution < -0.4 is 5.32 Å². The topological polar surface area (TPSA) is 147 Å². The van der Waals surface area contributed by atoms with Gasteiger partial charge in [0.25, 0.3) is 0 Å². The molecule has 11 nitrogen and oxygen atoms in total. The number of aliphatic hydroxyl groups is 1. The highest BCUT2D eigenvalue weighted by Crippen LogP contribution is 2.55. The number of rotatable bonds is 14. The van der Waals surface area contributed by atoms with Crippen molar-refractivity contribution in [2.24, 2.45) is 23.7 Å². The molecule has 1 aliphatic rings. The Bertz CT molecular complexity index is 975. The first kappa shape index (κ1) is 30.8. The molecule has 0 radical (unpaired) electrons. The van der Waals surface area contributed by atoms with Crippen LogP contribution in [0.1, 0.15) is 33.3 Å². The van der Waals surface area contributed by atoms with Crippen LogP contribution in [0.25, 0.3) is 0 Å². The van der Waals surface area contributed by atoms with Gasteiger partial charge < -0.3 is 34.1 Å². The third-order valence-electron chi connectivity index (χ3n) is 5.88. The van der Waals surface area contributed by atoms with Gasteiger partial charge in [-0.2, -0.15) is 0 Å². The zero-order valence-electron chi connectivity index (χ0n) is 20.9. The van der Waals surface area contributed by atoms with Crippen LogP contribution in [-0.2, 0) is 49.5 Å². The van der Waals surface area contributed by atoms with Gasteiger partial charge in [0.15, 0.2) is 13.1 Å². The highest BCUT2D eigenvalue weighted by atomic mass is 35.5. The van der Waals surface area contributed by atoms with Crippen LogP contribution in [0.3, 0.4) is 0 Å². The molecule has 206 valence electrons. The van der Waals surface area contributed by atoms with E-state index in [2.05, 4.69) is 10.1 Å². The molecule has 0 spiro atoms. The summed E-state index contributed by atoms with van der Waals surface area (Å²) in [6.45, 7) is 4.66. The van der Waals surface area contributed by atoms with Crippen LogP contribution >= 0.6 is 23.2 Å². The normalized spacial score (nSPS) is 20.8. The van der Waals surface area contributed by atoms with E-state index in [0.717, 1.165) is 5.56 Å². The van der Waals surface area contributed by atoms with E-state index >= 15 is 0 Å². The van der Waals surface area contributed by atoms with E-state index in [1.807, 2.05) is 0 Å². The largest absolute Gasteiger partial charge is 0.439 e. The molecule has 1 aromatic carbocycles. The number of hydrogen-bond donors (Lipinski definition) is 2. The first-order valence-electron chi connectivity index (χ1n) is 11.4. The fourth-order valence-electron chi connectivity index (χ4n) is 4.01. The van der Waals surface area contributed by atoms with Gasteiger partial charge in [-0.25, -0.2) is 0 Å². The molecular formula is C24H31Cl2NO10. The summed E-state index contributed by atoms with van der Waals surface area (Å²) in [5.74, 6) is -4.90. The number of carbonyl (C=O) groups excluding carboxylic acids is 4. The Balaban J connectivity index is 2.18. The first-order valence-corrected chi connectivity index (χ1v) is 12.2.